The van der Waals surface area contributed by atoms with E-state index in [9.17, 15) is 0 Å². The smallest absolute Gasteiger partial charge is 0.179 e. The number of hydrogen-bond acceptors (Lipinski definition) is 4. The Bertz CT molecular complexity index is 522. The minimum atomic E-state index is 0.0105. The predicted octanol–water partition coefficient (Wildman–Crippen LogP) is 3.16. The summed E-state index contributed by atoms with van der Waals surface area (Å²) in [7, 11) is 0. The van der Waals surface area contributed by atoms with E-state index in [-0.39, 0.29) is 11.6 Å². The van der Waals surface area contributed by atoms with E-state index in [1.54, 1.807) is 0 Å². The molecule has 5 heteroatoms. The van der Waals surface area contributed by atoms with Gasteiger partial charge < -0.3 is 19.5 Å². The third-order valence-electron chi connectivity index (χ3n) is 4.44. The second kappa shape index (κ2) is 6.03. The molecular weight excluding hydrogens is 290 g/mol. The molecule has 0 aliphatic carbocycles. The Balaban J connectivity index is 1.74. The summed E-state index contributed by atoms with van der Waals surface area (Å²) in [6.07, 6.45) is 2.12. The molecule has 2 aliphatic heterocycles. The topological polar surface area (TPSA) is 39.7 Å². The summed E-state index contributed by atoms with van der Waals surface area (Å²) in [6.45, 7) is 7.18. The highest BCUT2D eigenvalue weighted by Gasteiger charge is 2.36. The van der Waals surface area contributed by atoms with Crippen molar-refractivity contribution in [2.24, 2.45) is 0 Å². The molecule has 2 heterocycles. The minimum Gasteiger partial charge on any atom is -0.489 e. The molecule has 0 amide bonds. The van der Waals surface area contributed by atoms with Gasteiger partial charge in [-0.15, -0.1) is 0 Å². The molecule has 1 N–H and O–H groups in total. The zero-order valence-corrected chi connectivity index (χ0v) is 13.3. The van der Waals surface area contributed by atoms with Gasteiger partial charge >= 0.3 is 0 Å². The van der Waals surface area contributed by atoms with Gasteiger partial charge in [-0.2, -0.15) is 0 Å². The van der Waals surface area contributed by atoms with Crippen LogP contribution in [0.4, 0.5) is 0 Å². The summed E-state index contributed by atoms with van der Waals surface area (Å²) in [5.41, 5.74) is 1.11. The Labute approximate surface area is 130 Å². The highest BCUT2D eigenvalue weighted by atomic mass is 35.5. The third-order valence-corrected chi connectivity index (χ3v) is 4.73. The Hall–Kier alpha value is -0.970. The van der Waals surface area contributed by atoms with Gasteiger partial charge in [-0.05, 0) is 38.0 Å². The van der Waals surface area contributed by atoms with Crippen LogP contribution in [0.2, 0.25) is 5.02 Å². The van der Waals surface area contributed by atoms with Crippen LogP contribution in [-0.4, -0.2) is 31.5 Å². The largest absolute Gasteiger partial charge is 0.489 e. The first-order chi connectivity index (χ1) is 10.1. The van der Waals surface area contributed by atoms with Gasteiger partial charge in [0.2, 0.25) is 0 Å². The zero-order chi connectivity index (χ0) is 14.9. The van der Waals surface area contributed by atoms with Crippen LogP contribution in [0.1, 0.15) is 32.3 Å². The second-order valence-electron chi connectivity index (χ2n) is 5.99. The van der Waals surface area contributed by atoms with Gasteiger partial charge in [0.15, 0.2) is 11.5 Å². The summed E-state index contributed by atoms with van der Waals surface area (Å²) in [5, 5.41) is 4.21. The van der Waals surface area contributed by atoms with E-state index in [4.69, 9.17) is 25.8 Å². The van der Waals surface area contributed by atoms with E-state index in [2.05, 4.69) is 19.2 Å². The molecule has 116 valence electrons. The predicted molar refractivity (Wildman–Crippen MR) is 82.3 cm³/mol. The average Bonchev–Trinajstić information content (AvgIpc) is 2.67. The summed E-state index contributed by atoms with van der Waals surface area (Å²) < 4.78 is 17.0. The lowest BCUT2D eigenvalue weighted by Gasteiger charge is -2.29. The van der Waals surface area contributed by atoms with Crippen LogP contribution in [0.25, 0.3) is 0 Å². The van der Waals surface area contributed by atoms with Crippen molar-refractivity contribution >= 4 is 11.6 Å². The Morgan fingerprint density at radius 3 is 2.86 bits per heavy atom. The number of halogens is 1. The molecule has 1 aromatic rings. The molecule has 21 heavy (non-hydrogen) atoms. The van der Waals surface area contributed by atoms with Crippen LogP contribution in [0.5, 0.6) is 11.5 Å². The molecule has 1 fully saturated rings. The first-order valence-corrected chi connectivity index (χ1v) is 7.91. The number of rotatable bonds is 3. The number of benzene rings is 1. The van der Waals surface area contributed by atoms with E-state index in [1.165, 1.54) is 0 Å². The third kappa shape index (κ3) is 3.12. The molecule has 2 aliphatic rings. The highest BCUT2D eigenvalue weighted by molar-refractivity contribution is 6.32. The molecule has 0 aromatic heterocycles. The van der Waals surface area contributed by atoms with Crippen LogP contribution < -0.4 is 14.8 Å². The van der Waals surface area contributed by atoms with Crippen molar-refractivity contribution in [2.75, 3.05) is 19.8 Å². The van der Waals surface area contributed by atoms with Crippen molar-refractivity contribution in [1.29, 1.82) is 0 Å². The highest BCUT2D eigenvalue weighted by Crippen LogP contribution is 2.38. The average molecular weight is 312 g/mol. The van der Waals surface area contributed by atoms with Crippen molar-refractivity contribution in [3.63, 3.8) is 0 Å². The van der Waals surface area contributed by atoms with Crippen LogP contribution in [-0.2, 0) is 11.3 Å². The van der Waals surface area contributed by atoms with Gasteiger partial charge in [-0.25, -0.2) is 0 Å². The summed E-state index contributed by atoms with van der Waals surface area (Å²) in [4.78, 5) is 0. The molecule has 0 spiro atoms. The van der Waals surface area contributed by atoms with E-state index in [1.807, 2.05) is 12.1 Å². The lowest BCUT2D eigenvalue weighted by molar-refractivity contribution is 0.0881. The number of nitrogens with one attached hydrogen (secondary N) is 1. The van der Waals surface area contributed by atoms with Gasteiger partial charge in [0.05, 0.1) is 24.3 Å². The number of fused-ring (bicyclic) bond motifs is 1. The van der Waals surface area contributed by atoms with Crippen molar-refractivity contribution in [2.45, 2.75) is 44.9 Å². The molecule has 2 atom stereocenters. The van der Waals surface area contributed by atoms with Crippen molar-refractivity contribution < 1.29 is 14.2 Å². The zero-order valence-electron chi connectivity index (χ0n) is 12.6. The summed E-state index contributed by atoms with van der Waals surface area (Å²) in [5.74, 6) is 1.42. The summed E-state index contributed by atoms with van der Waals surface area (Å²) in [6, 6.07) is 3.97. The first-order valence-electron chi connectivity index (χ1n) is 7.53. The van der Waals surface area contributed by atoms with E-state index < -0.39 is 0 Å². The van der Waals surface area contributed by atoms with Crippen LogP contribution in [0.3, 0.4) is 0 Å². The maximum atomic E-state index is 6.32. The molecule has 0 saturated carbocycles. The fraction of sp³-hybridized carbons (Fsp3) is 0.625. The Morgan fingerprint density at radius 1 is 1.29 bits per heavy atom. The van der Waals surface area contributed by atoms with E-state index in [0.717, 1.165) is 37.3 Å². The molecular formula is C16H22ClNO3. The monoisotopic (exact) mass is 311 g/mol. The fourth-order valence-corrected chi connectivity index (χ4v) is 3.05. The maximum Gasteiger partial charge on any atom is 0.179 e. The SMILES string of the molecule is CC1OCCC1(C)NCc1cc(Cl)c2c(c1)OCCCO2. The van der Waals surface area contributed by atoms with Crippen molar-refractivity contribution in [3.8, 4) is 11.5 Å². The second-order valence-corrected chi connectivity index (χ2v) is 6.40. The van der Waals surface area contributed by atoms with Gasteiger partial charge in [0, 0.05) is 25.1 Å². The van der Waals surface area contributed by atoms with E-state index in [0.29, 0.717) is 24.0 Å². The lowest BCUT2D eigenvalue weighted by atomic mass is 9.94. The Morgan fingerprint density at radius 2 is 2.10 bits per heavy atom. The van der Waals surface area contributed by atoms with Gasteiger partial charge in [0.1, 0.15) is 0 Å². The quantitative estimate of drug-likeness (QED) is 0.931. The maximum absolute atomic E-state index is 6.32. The molecule has 2 unspecified atom stereocenters. The molecule has 0 radical (unpaired) electrons. The van der Waals surface area contributed by atoms with Gasteiger partial charge in [-0.1, -0.05) is 11.6 Å². The van der Waals surface area contributed by atoms with Crippen molar-refractivity contribution in [1.82, 2.24) is 5.32 Å². The minimum absolute atomic E-state index is 0.0105. The fourth-order valence-electron chi connectivity index (χ4n) is 2.76. The molecule has 3 rings (SSSR count). The number of hydrogen-bond donors (Lipinski definition) is 1. The van der Waals surface area contributed by atoms with Crippen LogP contribution >= 0.6 is 11.6 Å². The standard InChI is InChI=1S/C16H22ClNO3/c1-11-16(2,4-7-19-11)18-10-12-8-13(17)15-14(9-12)20-5-3-6-21-15/h8-9,11,18H,3-7,10H2,1-2H3. The molecule has 1 aromatic carbocycles. The summed E-state index contributed by atoms with van der Waals surface area (Å²) >= 11 is 6.32. The Kier molecular flexibility index (Phi) is 4.29. The van der Waals surface area contributed by atoms with Gasteiger partial charge in [-0.3, -0.25) is 0 Å². The molecule has 4 nitrogen and oxygen atoms in total. The number of ether oxygens (including phenoxy) is 3. The first kappa shape index (κ1) is 14.9. The molecule has 1 saturated heterocycles. The van der Waals surface area contributed by atoms with Crippen LogP contribution in [0.15, 0.2) is 12.1 Å². The normalized spacial score (nSPS) is 28.4. The van der Waals surface area contributed by atoms with E-state index >= 15 is 0 Å². The lowest BCUT2D eigenvalue weighted by Crippen LogP contribution is -2.47. The van der Waals surface area contributed by atoms with Crippen molar-refractivity contribution in [3.05, 3.63) is 22.7 Å². The van der Waals surface area contributed by atoms with Crippen LogP contribution in [0, 0.1) is 0 Å². The van der Waals surface area contributed by atoms with Gasteiger partial charge in [0.25, 0.3) is 0 Å². The molecule has 0 bridgehead atoms.